The van der Waals surface area contributed by atoms with Crippen LogP contribution in [0.4, 0.5) is 0 Å². The Morgan fingerprint density at radius 2 is 2.37 bits per heavy atom. The number of aryl methyl sites for hydroxylation is 1. The first-order chi connectivity index (χ1) is 9.15. The molecule has 0 aliphatic carbocycles. The molecule has 0 unspecified atom stereocenters. The van der Waals surface area contributed by atoms with Crippen LogP contribution in [-0.4, -0.2) is 22.2 Å². The third-order valence-corrected chi connectivity index (χ3v) is 2.95. The number of nitrogens with zero attached hydrogens (tertiary/aromatic N) is 2. The Morgan fingerprint density at radius 1 is 1.53 bits per heavy atom. The number of furan rings is 1. The van der Waals surface area contributed by atoms with Crippen LogP contribution in [0, 0.1) is 6.92 Å². The smallest absolute Gasteiger partial charge is 0.222 e. The third-order valence-electron chi connectivity index (χ3n) is 2.95. The molecule has 2 heterocycles. The van der Waals surface area contributed by atoms with E-state index in [1.807, 2.05) is 42.9 Å². The Balaban J connectivity index is 1.72. The summed E-state index contributed by atoms with van der Waals surface area (Å²) in [6, 6.07) is 5.75. The zero-order valence-corrected chi connectivity index (χ0v) is 11.3. The van der Waals surface area contributed by atoms with Crippen molar-refractivity contribution in [2.24, 2.45) is 0 Å². The normalized spacial score (nSPS) is 12.3. The first-order valence-electron chi connectivity index (χ1n) is 6.46. The van der Waals surface area contributed by atoms with Gasteiger partial charge in [-0.1, -0.05) is 0 Å². The van der Waals surface area contributed by atoms with E-state index < -0.39 is 0 Å². The van der Waals surface area contributed by atoms with E-state index in [0.29, 0.717) is 19.4 Å². The van der Waals surface area contributed by atoms with Crippen molar-refractivity contribution in [2.75, 3.05) is 6.54 Å². The Bertz CT molecular complexity index is 517. The molecule has 0 spiro atoms. The lowest BCUT2D eigenvalue weighted by Crippen LogP contribution is -2.27. The maximum atomic E-state index is 11.8. The minimum Gasteiger partial charge on any atom is -0.469 e. The molecule has 5 heteroatoms. The van der Waals surface area contributed by atoms with Gasteiger partial charge in [0.25, 0.3) is 0 Å². The summed E-state index contributed by atoms with van der Waals surface area (Å²) in [5.41, 5.74) is 0.963. The topological polar surface area (TPSA) is 60.1 Å². The molecule has 0 saturated carbocycles. The molecule has 0 fully saturated rings. The van der Waals surface area contributed by atoms with Gasteiger partial charge in [0.05, 0.1) is 18.0 Å². The number of carbonyl (C=O) groups is 1. The molecule has 2 rings (SSSR count). The minimum atomic E-state index is 0.0345. The molecule has 2 aromatic rings. The number of hydrogen-bond acceptors (Lipinski definition) is 3. The van der Waals surface area contributed by atoms with Crippen LogP contribution in [0.5, 0.6) is 0 Å². The molecule has 0 saturated heterocycles. The van der Waals surface area contributed by atoms with Gasteiger partial charge in [-0.05, 0) is 32.0 Å². The molecule has 102 valence electrons. The Morgan fingerprint density at radius 3 is 3.00 bits per heavy atom. The number of carbonyl (C=O) groups excluding carboxylic acids is 1. The first-order valence-corrected chi connectivity index (χ1v) is 6.46. The van der Waals surface area contributed by atoms with Gasteiger partial charge >= 0.3 is 0 Å². The Labute approximate surface area is 112 Å². The molecule has 0 radical (unpaired) electrons. The van der Waals surface area contributed by atoms with Crippen molar-refractivity contribution in [3.63, 3.8) is 0 Å². The third kappa shape index (κ3) is 3.98. The van der Waals surface area contributed by atoms with E-state index in [9.17, 15) is 4.79 Å². The van der Waals surface area contributed by atoms with E-state index >= 15 is 0 Å². The van der Waals surface area contributed by atoms with E-state index in [-0.39, 0.29) is 11.9 Å². The highest BCUT2D eigenvalue weighted by atomic mass is 16.3. The van der Waals surface area contributed by atoms with Crippen LogP contribution in [-0.2, 0) is 11.2 Å². The standard InChI is InChI=1S/C14H19N3O2/c1-11-6-8-17(16-11)12(2)10-14(18)15-7-5-13-4-3-9-19-13/h3-4,6,8-9,12H,5,7,10H2,1-2H3,(H,15,18)/t12-/m1/s1. The maximum absolute atomic E-state index is 11.8. The van der Waals surface area contributed by atoms with Crippen LogP contribution in [0.15, 0.2) is 35.1 Å². The maximum Gasteiger partial charge on any atom is 0.222 e. The van der Waals surface area contributed by atoms with Gasteiger partial charge < -0.3 is 9.73 Å². The fourth-order valence-corrected chi connectivity index (χ4v) is 1.89. The predicted molar refractivity (Wildman–Crippen MR) is 71.7 cm³/mol. The average Bonchev–Trinajstić information content (AvgIpc) is 3.00. The number of nitrogens with one attached hydrogen (secondary N) is 1. The lowest BCUT2D eigenvalue weighted by atomic mass is 10.2. The molecule has 1 N–H and O–H groups in total. The van der Waals surface area contributed by atoms with Crippen LogP contribution >= 0.6 is 0 Å². The molecule has 5 nitrogen and oxygen atoms in total. The van der Waals surface area contributed by atoms with E-state index in [2.05, 4.69) is 10.4 Å². The monoisotopic (exact) mass is 261 g/mol. The summed E-state index contributed by atoms with van der Waals surface area (Å²) in [4.78, 5) is 11.8. The fraction of sp³-hybridized carbons (Fsp3) is 0.429. The van der Waals surface area contributed by atoms with E-state index in [4.69, 9.17) is 4.42 Å². The van der Waals surface area contributed by atoms with E-state index in [1.54, 1.807) is 6.26 Å². The number of aromatic nitrogens is 2. The largest absolute Gasteiger partial charge is 0.469 e. The van der Waals surface area contributed by atoms with Gasteiger partial charge in [0.1, 0.15) is 5.76 Å². The molecule has 0 aromatic carbocycles. The first kappa shape index (κ1) is 13.4. The van der Waals surface area contributed by atoms with Crippen LogP contribution in [0.2, 0.25) is 0 Å². The molecule has 2 aromatic heterocycles. The lowest BCUT2D eigenvalue weighted by molar-refractivity contribution is -0.121. The van der Waals surface area contributed by atoms with Crippen LogP contribution < -0.4 is 5.32 Å². The summed E-state index contributed by atoms with van der Waals surface area (Å²) in [7, 11) is 0. The number of rotatable bonds is 6. The van der Waals surface area contributed by atoms with E-state index in [1.165, 1.54) is 0 Å². The summed E-state index contributed by atoms with van der Waals surface area (Å²) >= 11 is 0. The summed E-state index contributed by atoms with van der Waals surface area (Å²) in [5, 5.41) is 7.19. The average molecular weight is 261 g/mol. The molecule has 0 bridgehead atoms. The fourth-order valence-electron chi connectivity index (χ4n) is 1.89. The van der Waals surface area contributed by atoms with E-state index in [0.717, 1.165) is 11.5 Å². The molecule has 19 heavy (non-hydrogen) atoms. The van der Waals surface area contributed by atoms with Gasteiger partial charge in [-0.3, -0.25) is 9.48 Å². The number of amides is 1. The van der Waals surface area contributed by atoms with Crippen LogP contribution in [0.3, 0.4) is 0 Å². The van der Waals surface area contributed by atoms with Crippen molar-refractivity contribution >= 4 is 5.91 Å². The van der Waals surface area contributed by atoms with Gasteiger partial charge in [0, 0.05) is 25.6 Å². The van der Waals surface area contributed by atoms with Gasteiger partial charge in [-0.2, -0.15) is 5.10 Å². The van der Waals surface area contributed by atoms with Crippen LogP contribution in [0.25, 0.3) is 0 Å². The van der Waals surface area contributed by atoms with Crippen molar-refractivity contribution in [3.8, 4) is 0 Å². The molecule has 0 aliphatic rings. The van der Waals surface area contributed by atoms with Crippen molar-refractivity contribution in [1.82, 2.24) is 15.1 Å². The summed E-state index contributed by atoms with van der Waals surface area (Å²) in [6.07, 6.45) is 4.68. The van der Waals surface area contributed by atoms with Crippen LogP contribution in [0.1, 0.15) is 30.8 Å². The number of hydrogen-bond donors (Lipinski definition) is 1. The summed E-state index contributed by atoms with van der Waals surface area (Å²) in [6.45, 7) is 4.52. The summed E-state index contributed by atoms with van der Waals surface area (Å²) in [5.74, 6) is 0.920. The van der Waals surface area contributed by atoms with Crippen molar-refractivity contribution in [1.29, 1.82) is 0 Å². The lowest BCUT2D eigenvalue weighted by Gasteiger charge is -2.12. The highest BCUT2D eigenvalue weighted by Gasteiger charge is 2.11. The Hall–Kier alpha value is -2.04. The molecular formula is C14H19N3O2. The van der Waals surface area contributed by atoms with Gasteiger partial charge in [0.2, 0.25) is 5.91 Å². The Kier molecular flexibility index (Phi) is 4.39. The predicted octanol–water partition coefficient (Wildman–Crippen LogP) is 2.09. The molecule has 0 aliphatic heterocycles. The minimum absolute atomic E-state index is 0.0345. The second kappa shape index (κ2) is 6.22. The second-order valence-electron chi connectivity index (χ2n) is 4.67. The van der Waals surface area contributed by atoms with Gasteiger partial charge in [0.15, 0.2) is 0 Å². The molecule has 1 atom stereocenters. The van der Waals surface area contributed by atoms with Crippen molar-refractivity contribution < 1.29 is 9.21 Å². The molecular weight excluding hydrogens is 242 g/mol. The SMILES string of the molecule is Cc1ccn([C@H](C)CC(=O)NCCc2ccco2)n1. The molecule has 1 amide bonds. The van der Waals surface area contributed by atoms with Gasteiger partial charge in [-0.25, -0.2) is 0 Å². The highest BCUT2D eigenvalue weighted by molar-refractivity contribution is 5.76. The van der Waals surface area contributed by atoms with Gasteiger partial charge in [-0.15, -0.1) is 0 Å². The highest BCUT2D eigenvalue weighted by Crippen LogP contribution is 2.09. The zero-order chi connectivity index (χ0) is 13.7. The zero-order valence-electron chi connectivity index (χ0n) is 11.3. The van der Waals surface area contributed by atoms with Crippen molar-refractivity contribution in [3.05, 3.63) is 42.1 Å². The van der Waals surface area contributed by atoms with Crippen molar-refractivity contribution in [2.45, 2.75) is 32.7 Å². The second-order valence-corrected chi connectivity index (χ2v) is 4.67. The summed E-state index contributed by atoms with van der Waals surface area (Å²) < 4.78 is 7.02. The quantitative estimate of drug-likeness (QED) is 0.866.